The average Bonchev–Trinajstić information content (AvgIpc) is 3.30. The lowest BCUT2D eigenvalue weighted by molar-refractivity contribution is -0.141. The van der Waals surface area contributed by atoms with E-state index in [1.165, 1.54) is 23.2 Å². The van der Waals surface area contributed by atoms with E-state index in [0.29, 0.717) is 37.5 Å². The normalized spacial score (nSPS) is 11.5. The Morgan fingerprint density at radius 1 is 1.12 bits per heavy atom. The minimum absolute atomic E-state index is 0.190. The number of thiophene rings is 1. The fraction of sp³-hybridized carbons (Fsp3) is 0.435. The molecule has 174 valence electrons. The van der Waals surface area contributed by atoms with Crippen molar-refractivity contribution in [1.29, 1.82) is 0 Å². The second kappa shape index (κ2) is 13.5. The number of nitrogens with zero attached hydrogens (tertiary/aromatic N) is 1. The zero-order valence-electron chi connectivity index (χ0n) is 18.8. The molecule has 0 fully saturated rings. The lowest BCUT2D eigenvalue weighted by atomic mass is 10.0. The minimum Gasteiger partial charge on any atom is -0.497 e. The Kier molecular flexibility index (Phi) is 10.7. The molecule has 0 saturated heterocycles. The van der Waals surface area contributed by atoms with Crippen molar-refractivity contribution in [3.05, 3.63) is 52.2 Å². The van der Waals surface area contributed by atoms with E-state index in [-0.39, 0.29) is 30.8 Å². The van der Waals surface area contributed by atoms with E-state index < -0.39 is 6.04 Å². The molecule has 0 aliphatic heterocycles. The smallest absolute Gasteiger partial charge is 0.247 e. The quantitative estimate of drug-likeness (QED) is 0.447. The maximum atomic E-state index is 13.3. The molecule has 2 aromatic rings. The van der Waals surface area contributed by atoms with Crippen LogP contribution in [-0.2, 0) is 25.7 Å². The van der Waals surface area contributed by atoms with Crippen LogP contribution in [-0.4, -0.2) is 56.0 Å². The van der Waals surface area contributed by atoms with Crippen molar-refractivity contribution < 1.29 is 23.9 Å². The molecule has 1 aromatic carbocycles. The third-order valence-corrected chi connectivity index (χ3v) is 5.54. The first kappa shape index (κ1) is 25.4. The highest BCUT2D eigenvalue weighted by molar-refractivity contribution is 7.09. The van der Waals surface area contributed by atoms with Gasteiger partial charge >= 0.3 is 0 Å². The molecule has 3 amide bonds. The van der Waals surface area contributed by atoms with E-state index in [0.717, 1.165) is 4.88 Å². The molecule has 0 aliphatic rings. The molecule has 0 unspecified atom stereocenters. The summed E-state index contributed by atoms with van der Waals surface area (Å²) in [5.41, 5.74) is 0.654. The van der Waals surface area contributed by atoms with E-state index in [1.54, 1.807) is 31.4 Å². The third-order valence-electron chi connectivity index (χ3n) is 4.68. The van der Waals surface area contributed by atoms with E-state index >= 15 is 0 Å². The van der Waals surface area contributed by atoms with Gasteiger partial charge in [-0.3, -0.25) is 14.4 Å². The van der Waals surface area contributed by atoms with E-state index in [4.69, 9.17) is 9.47 Å². The number of carbonyl (C=O) groups excluding carboxylic acids is 3. The number of rotatable bonds is 13. The summed E-state index contributed by atoms with van der Waals surface area (Å²) >= 11 is 1.50. The van der Waals surface area contributed by atoms with Crippen LogP contribution < -0.4 is 15.4 Å². The Hall–Kier alpha value is -2.91. The summed E-state index contributed by atoms with van der Waals surface area (Å²) in [4.78, 5) is 40.2. The summed E-state index contributed by atoms with van der Waals surface area (Å²) < 4.78 is 10.6. The zero-order chi connectivity index (χ0) is 23.3. The van der Waals surface area contributed by atoms with E-state index in [9.17, 15) is 14.4 Å². The van der Waals surface area contributed by atoms with Gasteiger partial charge in [0.15, 0.2) is 0 Å². The number of methoxy groups -OCH3 is 1. The largest absolute Gasteiger partial charge is 0.497 e. The lowest BCUT2D eigenvalue weighted by Gasteiger charge is -2.31. The van der Waals surface area contributed by atoms with E-state index in [2.05, 4.69) is 10.6 Å². The molecule has 1 aromatic heterocycles. The molecule has 9 heteroatoms. The molecular formula is C23H31N3O5S. The van der Waals surface area contributed by atoms with Gasteiger partial charge in [0, 0.05) is 31.6 Å². The van der Waals surface area contributed by atoms with Crippen LogP contribution in [0.4, 0.5) is 0 Å². The maximum Gasteiger partial charge on any atom is 0.247 e. The zero-order valence-corrected chi connectivity index (χ0v) is 19.6. The predicted molar refractivity (Wildman–Crippen MR) is 123 cm³/mol. The van der Waals surface area contributed by atoms with Crippen molar-refractivity contribution >= 4 is 29.1 Å². The molecule has 32 heavy (non-hydrogen) atoms. The van der Waals surface area contributed by atoms with Crippen LogP contribution in [0.5, 0.6) is 5.75 Å². The van der Waals surface area contributed by atoms with Crippen molar-refractivity contribution in [2.24, 2.45) is 0 Å². The van der Waals surface area contributed by atoms with Gasteiger partial charge in [0.05, 0.1) is 20.2 Å². The van der Waals surface area contributed by atoms with Gasteiger partial charge < -0.3 is 25.0 Å². The Morgan fingerprint density at radius 3 is 2.47 bits per heavy atom. The fourth-order valence-corrected chi connectivity index (χ4v) is 3.78. The number of amides is 3. The minimum atomic E-state index is -0.864. The van der Waals surface area contributed by atoms with Gasteiger partial charge in [0.1, 0.15) is 11.8 Å². The van der Waals surface area contributed by atoms with Gasteiger partial charge in [0.25, 0.3) is 0 Å². The first-order valence-electron chi connectivity index (χ1n) is 10.5. The van der Waals surface area contributed by atoms with Gasteiger partial charge in [-0.05, 0) is 42.5 Å². The molecule has 2 N–H and O–H groups in total. The standard InChI is InChI=1S/C23H31N3O5S/c1-4-31-13-6-12-24-23(29)22(18-8-10-19(30-3)11-9-18)26(16-20-7-5-14-32-20)21(28)15-25-17(2)27/h5,7-11,14,22H,4,6,12-13,15-16H2,1-3H3,(H,24,29)(H,25,27)/t22-/m0/s1. The van der Waals surface area contributed by atoms with Crippen LogP contribution in [0, 0.1) is 0 Å². The van der Waals surface area contributed by atoms with Crippen LogP contribution in [0.15, 0.2) is 41.8 Å². The Morgan fingerprint density at radius 2 is 1.88 bits per heavy atom. The number of nitrogens with one attached hydrogen (secondary N) is 2. The SMILES string of the molecule is CCOCCCNC(=O)[C@H](c1ccc(OC)cc1)N(Cc1cccs1)C(=O)CNC(C)=O. The summed E-state index contributed by atoms with van der Waals surface area (Å²) in [5, 5.41) is 7.38. The third kappa shape index (κ3) is 7.97. The molecule has 2 rings (SSSR count). The van der Waals surface area contributed by atoms with Crippen LogP contribution in [0.1, 0.15) is 36.8 Å². The second-order valence-electron chi connectivity index (χ2n) is 7.03. The summed E-state index contributed by atoms with van der Waals surface area (Å²) in [7, 11) is 1.57. The molecule has 8 nitrogen and oxygen atoms in total. The first-order valence-corrected chi connectivity index (χ1v) is 11.4. The predicted octanol–water partition coefficient (Wildman–Crippen LogP) is 2.51. The van der Waals surface area contributed by atoms with Crippen molar-refractivity contribution in [3.8, 4) is 5.75 Å². The molecule has 0 radical (unpaired) electrons. The van der Waals surface area contributed by atoms with Gasteiger partial charge in [-0.2, -0.15) is 0 Å². The number of carbonyl (C=O) groups is 3. The maximum absolute atomic E-state index is 13.3. The highest BCUT2D eigenvalue weighted by atomic mass is 32.1. The fourth-order valence-electron chi connectivity index (χ4n) is 3.08. The molecule has 0 saturated carbocycles. The van der Waals surface area contributed by atoms with Crippen molar-refractivity contribution in [1.82, 2.24) is 15.5 Å². The number of benzene rings is 1. The van der Waals surface area contributed by atoms with E-state index in [1.807, 2.05) is 24.4 Å². The van der Waals surface area contributed by atoms with Gasteiger partial charge in [0.2, 0.25) is 17.7 Å². The Bertz CT molecular complexity index is 855. The second-order valence-corrected chi connectivity index (χ2v) is 8.06. The highest BCUT2D eigenvalue weighted by Gasteiger charge is 2.31. The average molecular weight is 462 g/mol. The first-order chi connectivity index (χ1) is 15.5. The summed E-state index contributed by atoms with van der Waals surface area (Å²) in [5.74, 6) is -0.298. The van der Waals surface area contributed by atoms with Gasteiger partial charge in [-0.1, -0.05) is 18.2 Å². The number of hydrogen-bond acceptors (Lipinski definition) is 6. The van der Waals surface area contributed by atoms with Crippen LogP contribution in [0.3, 0.4) is 0 Å². The topological polar surface area (TPSA) is 97.0 Å². The van der Waals surface area contributed by atoms with Crippen molar-refractivity contribution in [2.45, 2.75) is 32.9 Å². The molecule has 0 aliphatic carbocycles. The molecule has 0 bridgehead atoms. The molecule has 1 heterocycles. The van der Waals surface area contributed by atoms with Crippen LogP contribution in [0.25, 0.3) is 0 Å². The van der Waals surface area contributed by atoms with Gasteiger partial charge in [-0.25, -0.2) is 0 Å². The van der Waals surface area contributed by atoms with Crippen LogP contribution >= 0.6 is 11.3 Å². The summed E-state index contributed by atoms with van der Waals surface area (Å²) in [6.07, 6.45) is 0.666. The van der Waals surface area contributed by atoms with Crippen LogP contribution in [0.2, 0.25) is 0 Å². The number of ether oxygens (including phenoxy) is 2. The summed E-state index contributed by atoms with van der Waals surface area (Å²) in [6, 6.07) is 10.0. The summed E-state index contributed by atoms with van der Waals surface area (Å²) in [6.45, 7) is 4.92. The van der Waals surface area contributed by atoms with Gasteiger partial charge in [-0.15, -0.1) is 11.3 Å². The monoisotopic (exact) mass is 461 g/mol. The number of hydrogen-bond donors (Lipinski definition) is 2. The highest BCUT2D eigenvalue weighted by Crippen LogP contribution is 2.27. The molecule has 0 spiro atoms. The van der Waals surface area contributed by atoms with Crippen molar-refractivity contribution in [2.75, 3.05) is 33.4 Å². The Balaban J connectivity index is 2.31. The molecule has 1 atom stereocenters. The van der Waals surface area contributed by atoms with Crippen molar-refractivity contribution in [3.63, 3.8) is 0 Å². The lowest BCUT2D eigenvalue weighted by Crippen LogP contribution is -2.46. The molecular weight excluding hydrogens is 430 g/mol. The Labute approximate surface area is 192 Å².